The Hall–Kier alpha value is -5.97. The van der Waals surface area contributed by atoms with Gasteiger partial charge in [0.15, 0.2) is 5.13 Å². The van der Waals surface area contributed by atoms with Crippen molar-refractivity contribution in [3.63, 3.8) is 0 Å². The molecule has 3 N–H and O–H groups in total. The second kappa shape index (κ2) is 16.4. The highest BCUT2D eigenvalue weighted by atomic mass is 32.2. The monoisotopic (exact) mass is 696 g/mol. The third-order valence-corrected chi connectivity index (χ3v) is 9.21. The molecule has 3 amide bonds. The third-order valence-electron chi connectivity index (χ3n) is 7.46. The number of thioether (sulfide) groups is 1. The van der Waals surface area contributed by atoms with E-state index in [0.717, 1.165) is 38.6 Å². The summed E-state index contributed by atoms with van der Waals surface area (Å²) in [6.07, 6.45) is 1.65. The maximum atomic E-state index is 13.6. The van der Waals surface area contributed by atoms with E-state index in [1.165, 1.54) is 23.1 Å². The molecule has 8 nitrogen and oxygen atoms in total. The van der Waals surface area contributed by atoms with Crippen molar-refractivity contribution in [3.05, 3.63) is 156 Å². The summed E-state index contributed by atoms with van der Waals surface area (Å²) in [5, 5.41) is 10.9. The number of carbonyl (C=O) groups is 3. The van der Waals surface area contributed by atoms with Crippen LogP contribution >= 0.6 is 23.1 Å². The van der Waals surface area contributed by atoms with E-state index in [4.69, 9.17) is 4.74 Å². The smallest absolute Gasteiger partial charge is 0.272 e. The van der Waals surface area contributed by atoms with E-state index in [2.05, 4.69) is 20.9 Å². The Morgan fingerprint density at radius 1 is 0.760 bits per heavy atom. The molecule has 6 rings (SSSR count). The van der Waals surface area contributed by atoms with Crippen LogP contribution in [0.1, 0.15) is 15.9 Å². The topological polar surface area (TPSA) is 109 Å². The van der Waals surface area contributed by atoms with Crippen molar-refractivity contribution >= 4 is 57.7 Å². The summed E-state index contributed by atoms with van der Waals surface area (Å²) in [6.45, 7) is 0. The van der Waals surface area contributed by atoms with Gasteiger partial charge in [0.2, 0.25) is 5.91 Å². The number of anilines is 2. The number of hydrogen-bond acceptors (Lipinski definition) is 7. The first-order chi connectivity index (χ1) is 24.4. The van der Waals surface area contributed by atoms with Gasteiger partial charge in [-0.15, -0.1) is 23.1 Å². The van der Waals surface area contributed by atoms with Crippen LogP contribution in [0.5, 0.6) is 5.75 Å². The number of aromatic nitrogens is 1. The molecule has 6 aromatic rings. The lowest BCUT2D eigenvalue weighted by molar-refractivity contribution is -0.114. The van der Waals surface area contributed by atoms with Crippen LogP contribution < -0.4 is 20.7 Å². The second-order valence-electron chi connectivity index (χ2n) is 11.0. The number of nitrogens with one attached hydrogen (secondary N) is 3. The number of ether oxygens (including phenoxy) is 1. The lowest BCUT2D eigenvalue weighted by atomic mass is 10.0. The Morgan fingerprint density at radius 3 is 2.16 bits per heavy atom. The Kier molecular flexibility index (Phi) is 11.1. The zero-order valence-electron chi connectivity index (χ0n) is 27.0. The van der Waals surface area contributed by atoms with Gasteiger partial charge in [-0.1, -0.05) is 78.9 Å². The average Bonchev–Trinajstić information content (AvgIpc) is 3.63. The largest absolute Gasteiger partial charge is 0.497 e. The minimum atomic E-state index is -0.488. The normalized spacial score (nSPS) is 11.0. The van der Waals surface area contributed by atoms with Crippen LogP contribution in [-0.2, 0) is 9.59 Å². The fourth-order valence-corrected chi connectivity index (χ4v) is 6.39. The van der Waals surface area contributed by atoms with Crippen LogP contribution in [0.2, 0.25) is 0 Å². The predicted octanol–water partition coefficient (Wildman–Crippen LogP) is 8.63. The molecule has 0 fully saturated rings. The van der Waals surface area contributed by atoms with E-state index < -0.39 is 11.8 Å². The van der Waals surface area contributed by atoms with Gasteiger partial charge in [-0.3, -0.25) is 14.4 Å². The molecule has 0 aliphatic heterocycles. The molecule has 0 saturated heterocycles. The molecule has 0 aliphatic carbocycles. The van der Waals surface area contributed by atoms with Crippen molar-refractivity contribution in [3.8, 4) is 28.1 Å². The number of hydrogen-bond donors (Lipinski definition) is 3. The van der Waals surface area contributed by atoms with Crippen molar-refractivity contribution in [2.24, 2.45) is 0 Å². The number of benzene rings is 5. The summed E-state index contributed by atoms with van der Waals surface area (Å²) < 4.78 is 5.21. The molecule has 0 unspecified atom stereocenters. The van der Waals surface area contributed by atoms with E-state index in [1.807, 2.05) is 96.4 Å². The molecule has 10 heteroatoms. The van der Waals surface area contributed by atoms with Gasteiger partial charge in [-0.2, -0.15) is 0 Å². The van der Waals surface area contributed by atoms with Crippen molar-refractivity contribution in [1.29, 1.82) is 0 Å². The first-order valence-electron chi connectivity index (χ1n) is 15.6. The lowest BCUT2D eigenvalue weighted by Gasteiger charge is -2.12. The van der Waals surface area contributed by atoms with Crippen LogP contribution in [-0.4, -0.2) is 35.6 Å². The zero-order chi connectivity index (χ0) is 34.7. The molecular formula is C40H32N4O4S2. The molecule has 1 heterocycles. The standard InChI is InChI=1S/C40H32N4O4S2/c1-48-33-21-19-30(20-22-33)36-25-50-40(43-36)44-37(45)26-49-34-14-8-13-32(24-34)41-39(47)35(42-38(46)31-11-6-3-7-12-31)23-27-15-17-29(18-16-27)28-9-4-2-5-10-28/h2-25H,26H2,1H3,(H,41,47)(H,42,46)(H,43,44,45)/b35-23+. The molecule has 0 spiro atoms. The summed E-state index contributed by atoms with van der Waals surface area (Å²) in [5.41, 5.74) is 5.58. The molecule has 0 aliphatic rings. The van der Waals surface area contributed by atoms with Crippen LogP contribution in [0, 0.1) is 0 Å². The van der Waals surface area contributed by atoms with Gasteiger partial charge in [0.25, 0.3) is 11.8 Å². The van der Waals surface area contributed by atoms with Crippen molar-refractivity contribution in [2.75, 3.05) is 23.5 Å². The van der Waals surface area contributed by atoms with Gasteiger partial charge in [-0.25, -0.2) is 4.98 Å². The SMILES string of the molecule is COc1ccc(-c2csc(NC(=O)CSc3cccc(NC(=O)/C(=C\c4ccc(-c5ccccc5)cc4)NC(=O)c4ccccc4)c3)n2)cc1. The number of rotatable bonds is 12. The van der Waals surface area contributed by atoms with Crippen LogP contribution in [0.15, 0.2) is 149 Å². The second-order valence-corrected chi connectivity index (χ2v) is 12.9. The van der Waals surface area contributed by atoms with E-state index in [1.54, 1.807) is 55.7 Å². The van der Waals surface area contributed by atoms with Crippen molar-refractivity contribution < 1.29 is 19.1 Å². The van der Waals surface area contributed by atoms with E-state index in [9.17, 15) is 14.4 Å². The quantitative estimate of drug-likeness (QED) is 0.0874. The lowest BCUT2D eigenvalue weighted by Crippen LogP contribution is -2.30. The first kappa shape index (κ1) is 33.9. The van der Waals surface area contributed by atoms with Crippen molar-refractivity contribution in [2.45, 2.75) is 4.90 Å². The molecule has 0 bridgehead atoms. The Labute approximate surface area is 298 Å². The molecule has 1 aromatic heterocycles. The van der Waals surface area contributed by atoms with Crippen molar-refractivity contribution in [1.82, 2.24) is 10.3 Å². The molecule has 248 valence electrons. The van der Waals surface area contributed by atoms with Gasteiger partial charge < -0.3 is 20.7 Å². The van der Waals surface area contributed by atoms with Crippen LogP contribution in [0.4, 0.5) is 10.8 Å². The Bertz CT molecular complexity index is 2120. The summed E-state index contributed by atoms with van der Waals surface area (Å²) >= 11 is 2.68. The van der Waals surface area contributed by atoms with Crippen LogP contribution in [0.3, 0.4) is 0 Å². The highest BCUT2D eigenvalue weighted by molar-refractivity contribution is 8.00. The molecule has 0 radical (unpaired) electrons. The fourth-order valence-electron chi connectivity index (χ4n) is 4.90. The summed E-state index contributed by atoms with van der Waals surface area (Å²) in [7, 11) is 1.62. The first-order valence-corrected chi connectivity index (χ1v) is 17.5. The predicted molar refractivity (Wildman–Crippen MR) is 202 cm³/mol. The minimum absolute atomic E-state index is 0.0844. The summed E-state index contributed by atoms with van der Waals surface area (Å²) in [5.74, 6) is -0.189. The molecule has 5 aromatic carbocycles. The van der Waals surface area contributed by atoms with Gasteiger partial charge in [-0.05, 0) is 77.4 Å². The number of thiazole rings is 1. The highest BCUT2D eigenvalue weighted by Crippen LogP contribution is 2.28. The Morgan fingerprint density at radius 2 is 1.44 bits per heavy atom. The van der Waals surface area contributed by atoms with E-state index in [-0.39, 0.29) is 17.4 Å². The number of amides is 3. The van der Waals surface area contributed by atoms with E-state index >= 15 is 0 Å². The average molecular weight is 697 g/mol. The molecular weight excluding hydrogens is 665 g/mol. The molecule has 50 heavy (non-hydrogen) atoms. The molecule has 0 atom stereocenters. The summed E-state index contributed by atoms with van der Waals surface area (Å²) in [6, 6.07) is 41.2. The Balaban J connectivity index is 1.11. The number of nitrogens with zero attached hydrogens (tertiary/aromatic N) is 1. The van der Waals surface area contributed by atoms with E-state index in [0.29, 0.717) is 16.4 Å². The van der Waals surface area contributed by atoms with Gasteiger partial charge in [0, 0.05) is 27.1 Å². The maximum absolute atomic E-state index is 13.6. The minimum Gasteiger partial charge on any atom is -0.497 e. The zero-order valence-corrected chi connectivity index (χ0v) is 28.6. The molecule has 0 saturated carbocycles. The number of methoxy groups -OCH3 is 1. The number of carbonyl (C=O) groups excluding carboxylic acids is 3. The maximum Gasteiger partial charge on any atom is 0.272 e. The third kappa shape index (κ3) is 9.13. The summed E-state index contributed by atoms with van der Waals surface area (Å²) in [4.78, 5) is 44.8. The van der Waals surface area contributed by atoms with Gasteiger partial charge in [0.05, 0.1) is 18.6 Å². The van der Waals surface area contributed by atoms with Gasteiger partial charge >= 0.3 is 0 Å². The fraction of sp³-hybridized carbons (Fsp3) is 0.0500. The van der Waals surface area contributed by atoms with Crippen LogP contribution in [0.25, 0.3) is 28.5 Å². The highest BCUT2D eigenvalue weighted by Gasteiger charge is 2.16. The van der Waals surface area contributed by atoms with Gasteiger partial charge in [0.1, 0.15) is 11.4 Å².